The molecular formula is C31H30BrFN2O7. The highest BCUT2D eigenvalue weighted by molar-refractivity contribution is 9.10. The van der Waals surface area contributed by atoms with Crippen LogP contribution in [0.2, 0.25) is 0 Å². The number of barbiturate groups is 1. The Bertz CT molecular complexity index is 1510. The maximum Gasteiger partial charge on any atom is 0.331 e. The van der Waals surface area contributed by atoms with Crippen LogP contribution in [-0.2, 0) is 22.7 Å². The van der Waals surface area contributed by atoms with E-state index in [1.165, 1.54) is 25.3 Å². The van der Waals surface area contributed by atoms with Crippen LogP contribution < -0.4 is 24.3 Å². The number of hydrogen-bond acceptors (Lipinski definition) is 7. The van der Waals surface area contributed by atoms with Crippen LogP contribution in [0.25, 0.3) is 6.08 Å². The summed E-state index contributed by atoms with van der Waals surface area (Å²) in [6, 6.07) is 13.5. The van der Waals surface area contributed by atoms with Crippen molar-refractivity contribution in [1.29, 1.82) is 0 Å². The number of carbonyl (C=O) groups is 3. The Morgan fingerprint density at radius 3 is 2.33 bits per heavy atom. The molecule has 4 rings (SSSR count). The molecule has 0 saturated carbocycles. The van der Waals surface area contributed by atoms with Gasteiger partial charge in [0.05, 0.1) is 31.3 Å². The van der Waals surface area contributed by atoms with E-state index in [-0.39, 0.29) is 24.5 Å². The van der Waals surface area contributed by atoms with Crippen molar-refractivity contribution in [3.63, 3.8) is 0 Å². The fourth-order valence-corrected chi connectivity index (χ4v) is 4.71. The van der Waals surface area contributed by atoms with Crippen molar-refractivity contribution >= 4 is 39.9 Å². The molecule has 0 unspecified atom stereocenters. The quantitative estimate of drug-likeness (QED) is 0.191. The Morgan fingerprint density at radius 2 is 1.64 bits per heavy atom. The first kappa shape index (κ1) is 30.6. The molecule has 0 aliphatic carbocycles. The molecule has 1 aliphatic heterocycles. The van der Waals surface area contributed by atoms with Crippen LogP contribution in [0.15, 0.2) is 64.6 Å². The SMILES string of the molecule is CCCOc1ccc(CN2C(=O)NC(=O)/C(=C\c3cc(Br)c(OCc4ccc(F)cc4)c(OC)c3)C2=O)cc1OCC. The fourth-order valence-electron chi connectivity index (χ4n) is 4.14. The number of hydrogen-bond donors (Lipinski definition) is 1. The zero-order chi connectivity index (χ0) is 30.2. The minimum absolute atomic E-state index is 0.0907. The highest BCUT2D eigenvalue weighted by Crippen LogP contribution is 2.38. The second kappa shape index (κ2) is 14.0. The molecule has 0 spiro atoms. The topological polar surface area (TPSA) is 103 Å². The van der Waals surface area contributed by atoms with Gasteiger partial charge in [-0.05, 0) is 88.4 Å². The van der Waals surface area contributed by atoms with Crippen LogP contribution in [0.3, 0.4) is 0 Å². The summed E-state index contributed by atoms with van der Waals surface area (Å²) in [5.41, 5.74) is 1.60. The normalized spacial score (nSPS) is 14.2. The summed E-state index contributed by atoms with van der Waals surface area (Å²) in [7, 11) is 1.46. The zero-order valence-corrected chi connectivity index (χ0v) is 25.0. The number of halogens is 2. The smallest absolute Gasteiger partial charge is 0.331 e. The highest BCUT2D eigenvalue weighted by Gasteiger charge is 2.36. The molecule has 0 radical (unpaired) electrons. The van der Waals surface area contributed by atoms with E-state index in [2.05, 4.69) is 21.2 Å². The van der Waals surface area contributed by atoms with Crippen molar-refractivity contribution in [1.82, 2.24) is 10.2 Å². The summed E-state index contributed by atoms with van der Waals surface area (Å²) < 4.78 is 36.5. The average molecular weight is 641 g/mol. The number of benzene rings is 3. The molecule has 0 aromatic heterocycles. The van der Waals surface area contributed by atoms with E-state index in [1.54, 1.807) is 42.5 Å². The molecule has 0 bridgehead atoms. The van der Waals surface area contributed by atoms with Gasteiger partial charge in [0, 0.05) is 0 Å². The van der Waals surface area contributed by atoms with Crippen LogP contribution in [0.5, 0.6) is 23.0 Å². The molecule has 220 valence electrons. The molecule has 9 nitrogen and oxygen atoms in total. The molecule has 0 atom stereocenters. The third kappa shape index (κ3) is 7.27. The van der Waals surface area contributed by atoms with Gasteiger partial charge in [-0.3, -0.25) is 19.8 Å². The Morgan fingerprint density at radius 1 is 0.905 bits per heavy atom. The lowest BCUT2D eigenvalue weighted by Crippen LogP contribution is -2.53. The Labute approximate surface area is 251 Å². The van der Waals surface area contributed by atoms with Crippen molar-refractivity contribution in [2.24, 2.45) is 0 Å². The molecule has 1 aliphatic rings. The van der Waals surface area contributed by atoms with Crippen molar-refractivity contribution < 1.29 is 37.7 Å². The lowest BCUT2D eigenvalue weighted by atomic mass is 10.1. The molecule has 3 aromatic carbocycles. The lowest BCUT2D eigenvalue weighted by molar-refractivity contribution is -0.130. The van der Waals surface area contributed by atoms with Crippen LogP contribution >= 0.6 is 15.9 Å². The largest absolute Gasteiger partial charge is 0.493 e. The Balaban J connectivity index is 1.57. The van der Waals surface area contributed by atoms with E-state index >= 15 is 0 Å². The zero-order valence-electron chi connectivity index (χ0n) is 23.4. The third-order valence-electron chi connectivity index (χ3n) is 6.16. The van der Waals surface area contributed by atoms with Gasteiger partial charge in [-0.1, -0.05) is 25.1 Å². The number of rotatable bonds is 12. The summed E-state index contributed by atoms with van der Waals surface area (Å²) in [6.07, 6.45) is 2.20. The first-order chi connectivity index (χ1) is 20.2. The number of urea groups is 1. The molecule has 1 heterocycles. The van der Waals surface area contributed by atoms with E-state index in [1.807, 2.05) is 13.8 Å². The number of amides is 4. The predicted octanol–water partition coefficient (Wildman–Crippen LogP) is 6.03. The standard InChI is InChI=1S/C31H30BrFN2O7/c1-4-12-41-25-11-8-20(15-26(25)40-5-2)17-35-30(37)23(29(36)34-31(35)38)13-21-14-24(32)28(27(16-21)39-3)42-18-19-6-9-22(33)10-7-19/h6-11,13-16H,4-5,12,17-18H2,1-3H3,(H,34,36,38)/b23-13+. The average Bonchev–Trinajstić information content (AvgIpc) is 2.97. The maximum absolute atomic E-state index is 13.4. The minimum Gasteiger partial charge on any atom is -0.493 e. The number of nitrogens with zero attached hydrogens (tertiary/aromatic N) is 1. The molecule has 3 aromatic rings. The predicted molar refractivity (Wildman–Crippen MR) is 157 cm³/mol. The van der Waals surface area contributed by atoms with Gasteiger partial charge in [-0.15, -0.1) is 0 Å². The van der Waals surface area contributed by atoms with E-state index < -0.39 is 17.8 Å². The second-order valence-electron chi connectivity index (χ2n) is 9.22. The lowest BCUT2D eigenvalue weighted by Gasteiger charge is -2.26. The van der Waals surface area contributed by atoms with E-state index in [9.17, 15) is 18.8 Å². The minimum atomic E-state index is -0.824. The van der Waals surface area contributed by atoms with Gasteiger partial charge in [0.15, 0.2) is 23.0 Å². The molecular weight excluding hydrogens is 611 g/mol. The van der Waals surface area contributed by atoms with Gasteiger partial charge >= 0.3 is 6.03 Å². The number of imide groups is 2. The van der Waals surface area contributed by atoms with E-state index in [0.29, 0.717) is 51.8 Å². The fraction of sp³-hybridized carbons (Fsp3) is 0.258. The summed E-state index contributed by atoms with van der Waals surface area (Å²) in [5.74, 6) is -0.121. The summed E-state index contributed by atoms with van der Waals surface area (Å²) in [4.78, 5) is 39.7. The van der Waals surface area contributed by atoms with Gasteiger partial charge in [-0.2, -0.15) is 0 Å². The first-order valence-corrected chi connectivity index (χ1v) is 14.1. The first-order valence-electron chi connectivity index (χ1n) is 13.3. The van der Waals surface area contributed by atoms with Gasteiger partial charge in [0.25, 0.3) is 11.8 Å². The van der Waals surface area contributed by atoms with Crippen molar-refractivity contribution in [3.05, 3.63) is 87.2 Å². The third-order valence-corrected chi connectivity index (χ3v) is 6.74. The number of nitrogens with one attached hydrogen (secondary N) is 1. The maximum atomic E-state index is 13.4. The molecule has 1 saturated heterocycles. The number of carbonyl (C=O) groups excluding carboxylic acids is 3. The monoisotopic (exact) mass is 640 g/mol. The van der Waals surface area contributed by atoms with Crippen LogP contribution in [-0.4, -0.2) is 43.1 Å². The van der Waals surface area contributed by atoms with Crippen LogP contribution in [0.4, 0.5) is 9.18 Å². The molecule has 1 N–H and O–H groups in total. The van der Waals surface area contributed by atoms with E-state index in [0.717, 1.165) is 16.9 Å². The van der Waals surface area contributed by atoms with Crippen molar-refractivity contribution in [2.45, 2.75) is 33.4 Å². The Hall–Kier alpha value is -4.38. The second-order valence-corrected chi connectivity index (χ2v) is 10.1. The molecule has 11 heteroatoms. The molecule has 4 amide bonds. The summed E-state index contributed by atoms with van der Waals surface area (Å²) in [6.45, 7) is 4.83. The van der Waals surface area contributed by atoms with Gasteiger partial charge in [0.2, 0.25) is 0 Å². The van der Waals surface area contributed by atoms with E-state index in [4.69, 9.17) is 18.9 Å². The van der Waals surface area contributed by atoms with Gasteiger partial charge in [0.1, 0.15) is 18.0 Å². The van der Waals surface area contributed by atoms with Crippen LogP contribution in [0, 0.1) is 5.82 Å². The van der Waals surface area contributed by atoms with Crippen molar-refractivity contribution in [2.75, 3.05) is 20.3 Å². The van der Waals surface area contributed by atoms with Crippen molar-refractivity contribution in [3.8, 4) is 23.0 Å². The summed E-state index contributed by atoms with van der Waals surface area (Å²) in [5, 5.41) is 2.24. The highest BCUT2D eigenvalue weighted by atomic mass is 79.9. The summed E-state index contributed by atoms with van der Waals surface area (Å²) >= 11 is 3.46. The van der Waals surface area contributed by atoms with Gasteiger partial charge in [-0.25, -0.2) is 9.18 Å². The molecule has 1 fully saturated rings. The van der Waals surface area contributed by atoms with Crippen LogP contribution in [0.1, 0.15) is 37.0 Å². The number of ether oxygens (including phenoxy) is 4. The number of methoxy groups -OCH3 is 1. The van der Waals surface area contributed by atoms with Gasteiger partial charge < -0.3 is 18.9 Å². The Kier molecular flexibility index (Phi) is 10.2. The molecule has 42 heavy (non-hydrogen) atoms.